The quantitative estimate of drug-likeness (QED) is 0.847. The molecule has 0 saturated carbocycles. The van der Waals surface area contributed by atoms with Gasteiger partial charge in [-0.05, 0) is 31.0 Å². The summed E-state index contributed by atoms with van der Waals surface area (Å²) in [6, 6.07) is 3.28. The number of benzene rings is 1. The van der Waals surface area contributed by atoms with Crippen LogP contribution in [0.5, 0.6) is 0 Å². The van der Waals surface area contributed by atoms with Crippen LogP contribution in [0.25, 0.3) is 0 Å². The van der Waals surface area contributed by atoms with E-state index in [1.54, 1.807) is 4.90 Å². The normalized spacial score (nSPS) is 15.4. The van der Waals surface area contributed by atoms with E-state index in [-0.39, 0.29) is 23.0 Å². The van der Waals surface area contributed by atoms with E-state index in [2.05, 4.69) is 5.32 Å². The van der Waals surface area contributed by atoms with Crippen LogP contribution in [0.1, 0.15) is 12.8 Å². The minimum Gasteiger partial charge on any atom is -0.374 e. The minimum atomic E-state index is -3.93. The van der Waals surface area contributed by atoms with E-state index in [1.165, 1.54) is 12.1 Å². The summed E-state index contributed by atoms with van der Waals surface area (Å²) >= 11 is 0. The van der Waals surface area contributed by atoms with Gasteiger partial charge >= 0.3 is 0 Å². The van der Waals surface area contributed by atoms with Crippen LogP contribution in [0.15, 0.2) is 23.1 Å². The summed E-state index contributed by atoms with van der Waals surface area (Å²) in [6.45, 7) is 1.44. The fourth-order valence-corrected chi connectivity index (χ4v) is 2.59. The van der Waals surface area contributed by atoms with Crippen LogP contribution in [0, 0.1) is 5.82 Å². The van der Waals surface area contributed by atoms with Crippen LogP contribution in [0.2, 0.25) is 0 Å². The summed E-state index contributed by atoms with van der Waals surface area (Å²) in [6.07, 6.45) is 1.98. The summed E-state index contributed by atoms with van der Waals surface area (Å²) in [5, 5.41) is 7.57. The van der Waals surface area contributed by atoms with Crippen molar-refractivity contribution in [3.8, 4) is 0 Å². The van der Waals surface area contributed by atoms with Gasteiger partial charge in [-0.3, -0.25) is 4.79 Å². The molecule has 1 aliphatic heterocycles. The van der Waals surface area contributed by atoms with Gasteiger partial charge in [0.15, 0.2) is 0 Å². The molecule has 0 aromatic heterocycles. The molecule has 1 fully saturated rings. The second-order valence-electron chi connectivity index (χ2n) is 4.63. The van der Waals surface area contributed by atoms with Crippen LogP contribution in [0.3, 0.4) is 0 Å². The highest BCUT2D eigenvalue weighted by atomic mass is 32.2. The maximum atomic E-state index is 13.7. The Balaban J connectivity index is 2.01. The third kappa shape index (κ3) is 3.45. The average molecular weight is 301 g/mol. The second-order valence-corrected chi connectivity index (χ2v) is 6.19. The van der Waals surface area contributed by atoms with Crippen LogP contribution >= 0.6 is 0 Å². The first-order valence-electron chi connectivity index (χ1n) is 6.22. The number of carbonyl (C=O) groups is 1. The molecule has 0 bridgehead atoms. The van der Waals surface area contributed by atoms with Crippen molar-refractivity contribution in [2.24, 2.45) is 5.14 Å². The molecule has 1 aromatic carbocycles. The Labute approximate surface area is 116 Å². The van der Waals surface area contributed by atoms with Gasteiger partial charge in [0.2, 0.25) is 15.9 Å². The van der Waals surface area contributed by atoms with E-state index < -0.39 is 15.8 Å². The third-order valence-electron chi connectivity index (χ3n) is 3.16. The summed E-state index contributed by atoms with van der Waals surface area (Å²) in [7, 11) is -3.93. The molecular weight excluding hydrogens is 285 g/mol. The number of halogens is 1. The van der Waals surface area contributed by atoms with Crippen molar-refractivity contribution in [1.29, 1.82) is 0 Å². The average Bonchev–Trinajstić information content (AvgIpc) is 2.89. The lowest BCUT2D eigenvalue weighted by Crippen LogP contribution is -2.33. The lowest BCUT2D eigenvalue weighted by Gasteiger charge is -2.16. The van der Waals surface area contributed by atoms with E-state index in [0.29, 0.717) is 0 Å². The van der Waals surface area contributed by atoms with Gasteiger partial charge in [-0.1, -0.05) is 0 Å². The van der Waals surface area contributed by atoms with Crippen molar-refractivity contribution in [3.63, 3.8) is 0 Å². The van der Waals surface area contributed by atoms with Crippen molar-refractivity contribution in [3.05, 3.63) is 24.0 Å². The Morgan fingerprint density at radius 2 is 2.00 bits per heavy atom. The fourth-order valence-electron chi connectivity index (χ4n) is 2.07. The van der Waals surface area contributed by atoms with Crippen molar-refractivity contribution in [2.75, 3.05) is 25.0 Å². The number of nitrogens with zero attached hydrogens (tertiary/aromatic N) is 1. The molecule has 0 atom stereocenters. The predicted octanol–water partition coefficient (Wildman–Crippen LogP) is 0.507. The fraction of sp³-hybridized carbons (Fsp3) is 0.417. The Bertz CT molecular complexity index is 612. The van der Waals surface area contributed by atoms with Crippen molar-refractivity contribution in [1.82, 2.24) is 4.90 Å². The van der Waals surface area contributed by atoms with E-state index in [0.717, 1.165) is 32.0 Å². The highest BCUT2D eigenvalue weighted by Crippen LogP contribution is 2.18. The van der Waals surface area contributed by atoms with E-state index in [4.69, 9.17) is 5.14 Å². The number of amides is 1. The van der Waals surface area contributed by atoms with Gasteiger partial charge in [0.1, 0.15) is 5.82 Å². The Hall–Kier alpha value is -1.67. The zero-order chi connectivity index (χ0) is 14.8. The van der Waals surface area contributed by atoms with Crippen LogP contribution in [0.4, 0.5) is 10.1 Å². The number of rotatable bonds is 4. The first kappa shape index (κ1) is 14.7. The molecule has 1 aliphatic rings. The molecule has 2 rings (SSSR count). The van der Waals surface area contributed by atoms with Gasteiger partial charge in [-0.2, -0.15) is 0 Å². The zero-order valence-electron chi connectivity index (χ0n) is 10.8. The van der Waals surface area contributed by atoms with Crippen molar-refractivity contribution < 1.29 is 17.6 Å². The molecule has 1 saturated heterocycles. The molecule has 20 heavy (non-hydrogen) atoms. The lowest BCUT2D eigenvalue weighted by molar-refractivity contribution is -0.128. The lowest BCUT2D eigenvalue weighted by atomic mass is 10.3. The van der Waals surface area contributed by atoms with Crippen LogP contribution < -0.4 is 10.5 Å². The zero-order valence-corrected chi connectivity index (χ0v) is 11.6. The number of hydrogen-bond donors (Lipinski definition) is 2. The van der Waals surface area contributed by atoms with E-state index >= 15 is 0 Å². The molecule has 1 aromatic rings. The molecule has 0 aliphatic carbocycles. The van der Waals surface area contributed by atoms with Gasteiger partial charge in [0.05, 0.1) is 17.1 Å². The largest absolute Gasteiger partial charge is 0.374 e. The second kappa shape index (κ2) is 5.76. The topological polar surface area (TPSA) is 92.5 Å². The van der Waals surface area contributed by atoms with Crippen molar-refractivity contribution in [2.45, 2.75) is 17.7 Å². The van der Waals surface area contributed by atoms with E-state index in [9.17, 15) is 17.6 Å². The van der Waals surface area contributed by atoms with E-state index in [1.807, 2.05) is 0 Å². The Morgan fingerprint density at radius 3 is 2.55 bits per heavy atom. The summed E-state index contributed by atoms with van der Waals surface area (Å²) in [5.41, 5.74) is 0.0740. The number of nitrogens with two attached hydrogens (primary N) is 1. The van der Waals surface area contributed by atoms with Gasteiger partial charge < -0.3 is 10.2 Å². The first-order valence-corrected chi connectivity index (χ1v) is 7.76. The molecule has 110 valence electrons. The molecule has 3 N–H and O–H groups in total. The summed E-state index contributed by atoms with van der Waals surface area (Å²) in [5.74, 6) is -0.858. The Morgan fingerprint density at radius 1 is 1.35 bits per heavy atom. The number of sulfonamides is 1. The predicted molar refractivity (Wildman–Crippen MR) is 72.1 cm³/mol. The monoisotopic (exact) mass is 301 g/mol. The van der Waals surface area contributed by atoms with Crippen LogP contribution in [-0.2, 0) is 14.8 Å². The molecule has 8 heteroatoms. The highest BCUT2D eigenvalue weighted by Gasteiger charge is 2.18. The molecule has 1 heterocycles. The third-order valence-corrected chi connectivity index (χ3v) is 4.07. The molecule has 0 spiro atoms. The molecule has 1 amide bonds. The van der Waals surface area contributed by atoms with Crippen LogP contribution in [-0.4, -0.2) is 38.9 Å². The van der Waals surface area contributed by atoms with Gasteiger partial charge in [-0.15, -0.1) is 0 Å². The SMILES string of the molecule is NS(=O)(=O)c1ccc(NCC(=O)N2CCCC2)c(F)c1. The first-order chi connectivity index (χ1) is 9.38. The minimum absolute atomic E-state index is 0.0222. The maximum absolute atomic E-state index is 13.7. The number of nitrogens with one attached hydrogen (secondary N) is 1. The standard InChI is InChI=1S/C12H16FN3O3S/c13-10-7-9(20(14,18)19)3-4-11(10)15-8-12(17)16-5-1-2-6-16/h3-4,7,15H,1-2,5-6,8H2,(H2,14,18,19). The molecular formula is C12H16FN3O3S. The number of carbonyl (C=O) groups excluding carboxylic acids is 1. The highest BCUT2D eigenvalue weighted by molar-refractivity contribution is 7.89. The Kier molecular flexibility index (Phi) is 4.24. The smallest absolute Gasteiger partial charge is 0.241 e. The summed E-state index contributed by atoms with van der Waals surface area (Å²) in [4.78, 5) is 13.2. The van der Waals surface area contributed by atoms with Crippen molar-refractivity contribution >= 4 is 21.6 Å². The number of anilines is 1. The summed E-state index contributed by atoms with van der Waals surface area (Å²) < 4.78 is 35.8. The number of primary sulfonamides is 1. The molecule has 0 radical (unpaired) electrons. The maximum Gasteiger partial charge on any atom is 0.241 e. The van der Waals surface area contributed by atoms with Gasteiger partial charge in [0, 0.05) is 13.1 Å². The van der Waals surface area contributed by atoms with Gasteiger partial charge in [0.25, 0.3) is 0 Å². The number of likely N-dealkylation sites (tertiary alicyclic amines) is 1. The molecule has 0 unspecified atom stereocenters. The van der Waals surface area contributed by atoms with Gasteiger partial charge in [-0.25, -0.2) is 17.9 Å². The molecule has 6 nitrogen and oxygen atoms in total. The number of hydrogen-bond acceptors (Lipinski definition) is 4.